The van der Waals surface area contributed by atoms with Crippen LogP contribution in [-0.2, 0) is 9.59 Å². The van der Waals surface area contributed by atoms with E-state index in [0.717, 1.165) is 23.8 Å². The zero-order valence-electron chi connectivity index (χ0n) is 13.9. The molecule has 0 bridgehead atoms. The van der Waals surface area contributed by atoms with Crippen LogP contribution in [0.25, 0.3) is 0 Å². The van der Waals surface area contributed by atoms with Crippen molar-refractivity contribution >= 4 is 29.1 Å². The number of halogens is 1. The highest BCUT2D eigenvalue weighted by Crippen LogP contribution is 2.26. The van der Waals surface area contributed by atoms with Crippen molar-refractivity contribution in [2.75, 3.05) is 31.1 Å². The Kier molecular flexibility index (Phi) is 5.88. The highest BCUT2D eigenvalue weighted by atomic mass is 35.5. The first-order valence-corrected chi connectivity index (χ1v) is 8.33. The van der Waals surface area contributed by atoms with Crippen LogP contribution in [-0.4, -0.2) is 48.9 Å². The van der Waals surface area contributed by atoms with E-state index in [0.29, 0.717) is 13.1 Å². The minimum Gasteiger partial charge on any atom is -0.367 e. The molecule has 1 aromatic carbocycles. The summed E-state index contributed by atoms with van der Waals surface area (Å²) in [4.78, 5) is 28.0. The maximum atomic E-state index is 12.7. The van der Waals surface area contributed by atoms with Crippen LogP contribution in [0.4, 0.5) is 5.69 Å². The van der Waals surface area contributed by atoms with Gasteiger partial charge in [0.15, 0.2) is 0 Å². The largest absolute Gasteiger partial charge is 0.367 e. The molecule has 23 heavy (non-hydrogen) atoms. The molecule has 1 N–H and O–H groups in total. The summed E-state index contributed by atoms with van der Waals surface area (Å²) in [5.74, 6) is -0.117. The minimum absolute atomic E-state index is 0.00555. The predicted molar refractivity (Wildman–Crippen MR) is 92.7 cm³/mol. The van der Waals surface area contributed by atoms with Crippen LogP contribution in [0.2, 0.25) is 5.02 Å². The first-order valence-electron chi connectivity index (χ1n) is 7.95. The third-order valence-electron chi connectivity index (χ3n) is 4.08. The van der Waals surface area contributed by atoms with Crippen LogP contribution in [0.15, 0.2) is 24.3 Å². The monoisotopic (exact) mass is 337 g/mol. The fourth-order valence-electron chi connectivity index (χ4n) is 2.81. The fraction of sp³-hybridized carbons (Fsp3) is 0.529. The third kappa shape index (κ3) is 4.38. The molecule has 1 heterocycles. The SMILES string of the molecule is CC(=O)N[C@@H](C(=O)N1CCN(c2ccccc2Cl)CC1)C(C)C. The van der Waals surface area contributed by atoms with E-state index in [-0.39, 0.29) is 17.7 Å². The van der Waals surface area contributed by atoms with E-state index in [4.69, 9.17) is 11.6 Å². The van der Waals surface area contributed by atoms with E-state index >= 15 is 0 Å². The van der Waals surface area contributed by atoms with Gasteiger partial charge in [-0.2, -0.15) is 0 Å². The molecule has 2 amide bonds. The zero-order valence-corrected chi connectivity index (χ0v) is 14.6. The van der Waals surface area contributed by atoms with Gasteiger partial charge in [-0.05, 0) is 18.1 Å². The van der Waals surface area contributed by atoms with Crippen molar-refractivity contribution in [3.05, 3.63) is 29.3 Å². The summed E-state index contributed by atoms with van der Waals surface area (Å²) in [6.45, 7) is 8.06. The Labute approximate surface area is 142 Å². The van der Waals surface area contributed by atoms with Gasteiger partial charge in [0.2, 0.25) is 11.8 Å². The summed E-state index contributed by atoms with van der Waals surface area (Å²) in [7, 11) is 0. The molecule has 1 aromatic rings. The molecule has 1 fully saturated rings. The number of para-hydroxylation sites is 1. The standard InChI is InChI=1S/C17H24ClN3O2/c1-12(2)16(19-13(3)22)17(23)21-10-8-20(9-11-21)15-7-5-4-6-14(15)18/h4-7,12,16H,8-11H2,1-3H3,(H,19,22)/t16-/m1/s1. The molecule has 0 radical (unpaired) electrons. The van der Waals surface area contributed by atoms with E-state index in [1.54, 1.807) is 0 Å². The van der Waals surface area contributed by atoms with Crippen LogP contribution in [0.5, 0.6) is 0 Å². The van der Waals surface area contributed by atoms with Gasteiger partial charge < -0.3 is 15.1 Å². The van der Waals surface area contributed by atoms with Crippen LogP contribution < -0.4 is 10.2 Å². The Morgan fingerprint density at radius 2 is 1.74 bits per heavy atom. The summed E-state index contributed by atoms with van der Waals surface area (Å²) in [5.41, 5.74) is 1.00. The lowest BCUT2D eigenvalue weighted by atomic mass is 10.0. The summed E-state index contributed by atoms with van der Waals surface area (Å²) in [6, 6.07) is 7.28. The molecule has 1 atom stereocenters. The lowest BCUT2D eigenvalue weighted by molar-refractivity contribution is -0.137. The highest BCUT2D eigenvalue weighted by Gasteiger charge is 2.30. The van der Waals surface area contributed by atoms with Crippen molar-refractivity contribution < 1.29 is 9.59 Å². The second-order valence-corrected chi connectivity index (χ2v) is 6.59. The van der Waals surface area contributed by atoms with Gasteiger partial charge in [-0.3, -0.25) is 9.59 Å². The number of carbonyl (C=O) groups excluding carboxylic acids is 2. The van der Waals surface area contributed by atoms with Crippen molar-refractivity contribution in [2.45, 2.75) is 26.8 Å². The third-order valence-corrected chi connectivity index (χ3v) is 4.40. The molecular formula is C17H24ClN3O2. The molecule has 1 aliphatic heterocycles. The second kappa shape index (κ2) is 7.68. The van der Waals surface area contributed by atoms with Gasteiger partial charge in [-0.15, -0.1) is 0 Å². The molecule has 0 aromatic heterocycles. The normalized spacial score (nSPS) is 16.4. The maximum absolute atomic E-state index is 12.7. The minimum atomic E-state index is -0.459. The number of nitrogens with zero attached hydrogens (tertiary/aromatic N) is 2. The molecule has 1 saturated heterocycles. The topological polar surface area (TPSA) is 52.7 Å². The number of rotatable bonds is 4. The van der Waals surface area contributed by atoms with Crippen LogP contribution in [0.1, 0.15) is 20.8 Å². The Hall–Kier alpha value is -1.75. The van der Waals surface area contributed by atoms with E-state index < -0.39 is 6.04 Å². The lowest BCUT2D eigenvalue weighted by Gasteiger charge is -2.38. The van der Waals surface area contributed by atoms with Crippen LogP contribution in [0, 0.1) is 5.92 Å². The molecule has 6 heteroatoms. The van der Waals surface area contributed by atoms with Crippen molar-refractivity contribution in [1.82, 2.24) is 10.2 Å². The quantitative estimate of drug-likeness (QED) is 0.916. The number of carbonyl (C=O) groups is 2. The first-order chi connectivity index (χ1) is 10.9. The Morgan fingerprint density at radius 1 is 1.13 bits per heavy atom. The van der Waals surface area contributed by atoms with E-state index in [1.807, 2.05) is 43.0 Å². The van der Waals surface area contributed by atoms with Crippen LogP contribution in [0.3, 0.4) is 0 Å². The average Bonchev–Trinajstić information content (AvgIpc) is 2.52. The van der Waals surface area contributed by atoms with Gasteiger partial charge in [-0.1, -0.05) is 37.6 Å². The van der Waals surface area contributed by atoms with E-state index in [2.05, 4.69) is 10.2 Å². The maximum Gasteiger partial charge on any atom is 0.245 e. The number of anilines is 1. The van der Waals surface area contributed by atoms with Crippen molar-refractivity contribution in [3.63, 3.8) is 0 Å². The van der Waals surface area contributed by atoms with Gasteiger partial charge in [0.25, 0.3) is 0 Å². The molecule has 0 unspecified atom stereocenters. The zero-order chi connectivity index (χ0) is 17.0. The lowest BCUT2D eigenvalue weighted by Crippen LogP contribution is -2.56. The molecular weight excluding hydrogens is 314 g/mol. The van der Waals surface area contributed by atoms with Gasteiger partial charge in [0.05, 0.1) is 10.7 Å². The highest BCUT2D eigenvalue weighted by molar-refractivity contribution is 6.33. The Bertz CT molecular complexity index is 569. The summed E-state index contributed by atoms with van der Waals surface area (Å²) >= 11 is 6.24. The Morgan fingerprint density at radius 3 is 2.26 bits per heavy atom. The average molecular weight is 338 g/mol. The Balaban J connectivity index is 1.99. The molecule has 0 aliphatic carbocycles. The van der Waals surface area contributed by atoms with Crippen molar-refractivity contribution in [3.8, 4) is 0 Å². The number of hydrogen-bond acceptors (Lipinski definition) is 3. The summed E-state index contributed by atoms with van der Waals surface area (Å²) < 4.78 is 0. The molecule has 2 rings (SSSR count). The van der Waals surface area contributed by atoms with E-state index in [1.165, 1.54) is 6.92 Å². The van der Waals surface area contributed by atoms with Crippen molar-refractivity contribution in [1.29, 1.82) is 0 Å². The first kappa shape index (κ1) is 17.6. The molecule has 1 aliphatic rings. The molecule has 5 nitrogen and oxygen atoms in total. The van der Waals surface area contributed by atoms with Gasteiger partial charge in [0, 0.05) is 33.1 Å². The number of nitrogens with one attached hydrogen (secondary N) is 1. The number of piperazine rings is 1. The smallest absolute Gasteiger partial charge is 0.245 e. The molecule has 0 saturated carbocycles. The molecule has 0 spiro atoms. The van der Waals surface area contributed by atoms with Gasteiger partial charge in [0.1, 0.15) is 6.04 Å². The van der Waals surface area contributed by atoms with Gasteiger partial charge in [-0.25, -0.2) is 0 Å². The second-order valence-electron chi connectivity index (χ2n) is 6.19. The molecule has 126 valence electrons. The summed E-state index contributed by atoms with van der Waals surface area (Å²) in [6.07, 6.45) is 0. The van der Waals surface area contributed by atoms with E-state index in [9.17, 15) is 9.59 Å². The van der Waals surface area contributed by atoms with Gasteiger partial charge >= 0.3 is 0 Å². The summed E-state index contributed by atoms with van der Waals surface area (Å²) in [5, 5.41) is 3.49. The van der Waals surface area contributed by atoms with Crippen LogP contribution >= 0.6 is 11.6 Å². The van der Waals surface area contributed by atoms with Crippen molar-refractivity contribution in [2.24, 2.45) is 5.92 Å². The number of amides is 2. The number of hydrogen-bond donors (Lipinski definition) is 1. The fourth-order valence-corrected chi connectivity index (χ4v) is 3.06. The predicted octanol–water partition coefficient (Wildman–Crippen LogP) is 2.15. The number of benzene rings is 1.